The van der Waals surface area contributed by atoms with Gasteiger partial charge in [-0.1, -0.05) is 12.8 Å². The molecule has 5 nitrogen and oxygen atoms in total. The van der Waals surface area contributed by atoms with Crippen molar-refractivity contribution in [1.29, 1.82) is 0 Å². The van der Waals surface area contributed by atoms with Gasteiger partial charge in [-0.3, -0.25) is 9.78 Å². The van der Waals surface area contributed by atoms with Crippen LogP contribution in [0.1, 0.15) is 25.7 Å². The van der Waals surface area contributed by atoms with Crippen molar-refractivity contribution >= 4 is 17.3 Å². The molecule has 5 heteroatoms. The molecule has 1 fully saturated rings. The Morgan fingerprint density at radius 3 is 2.84 bits per heavy atom. The summed E-state index contributed by atoms with van der Waals surface area (Å²) >= 11 is 0. The third-order valence-electron chi connectivity index (χ3n) is 3.46. The fourth-order valence-electron chi connectivity index (χ4n) is 2.43. The molecule has 104 valence electrons. The summed E-state index contributed by atoms with van der Waals surface area (Å²) in [7, 11) is 3.89. The monoisotopic (exact) mass is 262 g/mol. The zero-order valence-electron chi connectivity index (χ0n) is 11.6. The third kappa shape index (κ3) is 3.92. The van der Waals surface area contributed by atoms with Gasteiger partial charge in [-0.2, -0.15) is 0 Å². The molecule has 1 aliphatic carbocycles. The van der Waals surface area contributed by atoms with Crippen molar-refractivity contribution in [3.8, 4) is 0 Å². The largest absolute Gasteiger partial charge is 0.376 e. The molecule has 0 saturated heterocycles. The van der Waals surface area contributed by atoms with Crippen LogP contribution in [-0.4, -0.2) is 37.6 Å². The highest BCUT2D eigenvalue weighted by Gasteiger charge is 2.15. The van der Waals surface area contributed by atoms with Crippen molar-refractivity contribution in [2.75, 3.05) is 30.9 Å². The quantitative estimate of drug-likeness (QED) is 0.846. The van der Waals surface area contributed by atoms with Crippen molar-refractivity contribution in [2.45, 2.75) is 31.7 Å². The molecule has 19 heavy (non-hydrogen) atoms. The number of pyridine rings is 1. The van der Waals surface area contributed by atoms with Crippen molar-refractivity contribution in [3.05, 3.63) is 18.5 Å². The Labute approximate surface area is 114 Å². The van der Waals surface area contributed by atoms with Gasteiger partial charge in [0.15, 0.2) is 0 Å². The highest BCUT2D eigenvalue weighted by atomic mass is 16.1. The fourth-order valence-corrected chi connectivity index (χ4v) is 2.43. The zero-order chi connectivity index (χ0) is 13.7. The second kappa shape index (κ2) is 6.52. The number of carbonyl (C=O) groups is 1. The molecule has 1 heterocycles. The minimum Gasteiger partial charge on any atom is -0.376 e. The van der Waals surface area contributed by atoms with E-state index < -0.39 is 0 Å². The normalized spacial score (nSPS) is 15.5. The molecule has 1 aromatic heterocycles. The molecule has 2 N–H and O–H groups in total. The molecule has 0 unspecified atom stereocenters. The fraction of sp³-hybridized carbons (Fsp3) is 0.571. The van der Waals surface area contributed by atoms with Crippen LogP contribution in [0.15, 0.2) is 18.5 Å². The number of aromatic nitrogens is 1. The van der Waals surface area contributed by atoms with E-state index in [0.29, 0.717) is 12.6 Å². The number of hydrogen-bond acceptors (Lipinski definition) is 4. The smallest absolute Gasteiger partial charge is 0.238 e. The van der Waals surface area contributed by atoms with Crippen molar-refractivity contribution in [1.82, 2.24) is 10.3 Å². The van der Waals surface area contributed by atoms with Crippen LogP contribution in [0, 0.1) is 0 Å². The Bertz CT molecular complexity index is 427. The second-order valence-corrected chi connectivity index (χ2v) is 5.20. The highest BCUT2D eigenvalue weighted by Crippen LogP contribution is 2.22. The average Bonchev–Trinajstić information content (AvgIpc) is 2.90. The first-order valence-corrected chi connectivity index (χ1v) is 6.81. The van der Waals surface area contributed by atoms with Gasteiger partial charge in [0.05, 0.1) is 24.1 Å². The minimum atomic E-state index is -0.0111. The minimum absolute atomic E-state index is 0.0111. The third-order valence-corrected chi connectivity index (χ3v) is 3.46. The summed E-state index contributed by atoms with van der Waals surface area (Å²) in [6.07, 6.45) is 8.32. The van der Waals surface area contributed by atoms with Gasteiger partial charge >= 0.3 is 0 Å². The van der Waals surface area contributed by atoms with Crippen LogP contribution >= 0.6 is 0 Å². The Morgan fingerprint density at radius 1 is 1.42 bits per heavy atom. The Balaban J connectivity index is 1.87. The van der Waals surface area contributed by atoms with E-state index >= 15 is 0 Å². The molecule has 1 saturated carbocycles. The molecule has 2 rings (SSSR count). The maximum absolute atomic E-state index is 11.9. The number of anilines is 2. The second-order valence-electron chi connectivity index (χ2n) is 5.20. The van der Waals surface area contributed by atoms with Gasteiger partial charge in [0.1, 0.15) is 0 Å². The summed E-state index contributed by atoms with van der Waals surface area (Å²) < 4.78 is 0. The van der Waals surface area contributed by atoms with Gasteiger partial charge in [0.2, 0.25) is 5.91 Å². The van der Waals surface area contributed by atoms with Gasteiger partial charge in [-0.15, -0.1) is 0 Å². The van der Waals surface area contributed by atoms with Crippen molar-refractivity contribution < 1.29 is 4.79 Å². The summed E-state index contributed by atoms with van der Waals surface area (Å²) in [5.74, 6) is -0.0111. The first kappa shape index (κ1) is 13.8. The Morgan fingerprint density at radius 2 is 2.16 bits per heavy atom. The molecular formula is C14H22N4O. The SMILES string of the molecule is CN(C)c1ccncc1NC(=O)CNC1CCCC1. The lowest BCUT2D eigenvalue weighted by Crippen LogP contribution is -2.34. The Hall–Kier alpha value is -1.62. The van der Waals surface area contributed by atoms with Crippen LogP contribution in [0.5, 0.6) is 0 Å². The number of nitrogens with zero attached hydrogens (tertiary/aromatic N) is 2. The van der Waals surface area contributed by atoms with E-state index in [0.717, 1.165) is 11.4 Å². The summed E-state index contributed by atoms with van der Waals surface area (Å²) in [5, 5.41) is 6.21. The van der Waals surface area contributed by atoms with E-state index in [2.05, 4.69) is 15.6 Å². The maximum Gasteiger partial charge on any atom is 0.238 e. The van der Waals surface area contributed by atoms with Crippen LogP contribution in [0.4, 0.5) is 11.4 Å². The lowest BCUT2D eigenvalue weighted by atomic mass is 10.2. The number of hydrogen-bond donors (Lipinski definition) is 2. The van der Waals surface area contributed by atoms with Crippen LogP contribution in [0.25, 0.3) is 0 Å². The van der Waals surface area contributed by atoms with Crippen LogP contribution in [-0.2, 0) is 4.79 Å². The topological polar surface area (TPSA) is 57.3 Å². The van der Waals surface area contributed by atoms with Crippen molar-refractivity contribution in [2.24, 2.45) is 0 Å². The van der Waals surface area contributed by atoms with Gasteiger partial charge in [0.25, 0.3) is 0 Å². The van der Waals surface area contributed by atoms with E-state index in [1.807, 2.05) is 25.1 Å². The number of carbonyl (C=O) groups excluding carboxylic acids is 1. The van der Waals surface area contributed by atoms with E-state index in [9.17, 15) is 4.79 Å². The maximum atomic E-state index is 11.9. The van der Waals surface area contributed by atoms with Gasteiger partial charge < -0.3 is 15.5 Å². The van der Waals surface area contributed by atoms with Gasteiger partial charge in [-0.25, -0.2) is 0 Å². The summed E-state index contributed by atoms with van der Waals surface area (Å²) in [5.41, 5.74) is 1.72. The number of nitrogens with one attached hydrogen (secondary N) is 2. The van der Waals surface area contributed by atoms with E-state index in [-0.39, 0.29) is 5.91 Å². The molecular weight excluding hydrogens is 240 g/mol. The Kier molecular flexibility index (Phi) is 4.74. The van der Waals surface area contributed by atoms with Crippen molar-refractivity contribution in [3.63, 3.8) is 0 Å². The molecule has 0 radical (unpaired) electrons. The molecule has 1 aliphatic rings. The van der Waals surface area contributed by atoms with Crippen LogP contribution in [0.3, 0.4) is 0 Å². The molecule has 0 atom stereocenters. The predicted octanol–water partition coefficient (Wildman–Crippen LogP) is 1.62. The highest BCUT2D eigenvalue weighted by molar-refractivity contribution is 5.95. The van der Waals surface area contributed by atoms with E-state index in [1.54, 1.807) is 12.4 Å². The lowest BCUT2D eigenvalue weighted by Gasteiger charge is -2.18. The van der Waals surface area contributed by atoms with E-state index in [4.69, 9.17) is 0 Å². The number of rotatable bonds is 5. The summed E-state index contributed by atoms with van der Waals surface area (Å²) in [4.78, 5) is 17.9. The molecule has 0 aliphatic heterocycles. The molecule has 1 amide bonds. The first-order chi connectivity index (χ1) is 9.16. The molecule has 1 aromatic rings. The van der Waals surface area contributed by atoms with Gasteiger partial charge in [0, 0.05) is 26.3 Å². The number of amides is 1. The molecule has 0 aromatic carbocycles. The summed E-state index contributed by atoms with van der Waals surface area (Å²) in [6, 6.07) is 2.40. The molecule has 0 spiro atoms. The predicted molar refractivity (Wildman–Crippen MR) is 77.5 cm³/mol. The van der Waals surface area contributed by atoms with Gasteiger partial charge in [-0.05, 0) is 18.9 Å². The van der Waals surface area contributed by atoms with Crippen LogP contribution in [0.2, 0.25) is 0 Å². The average molecular weight is 262 g/mol. The first-order valence-electron chi connectivity index (χ1n) is 6.81. The molecule has 0 bridgehead atoms. The standard InChI is InChI=1S/C14H22N4O/c1-18(2)13-7-8-15-9-12(13)17-14(19)10-16-11-5-3-4-6-11/h7-9,11,16H,3-6,10H2,1-2H3,(H,17,19). The summed E-state index contributed by atoms with van der Waals surface area (Å²) in [6.45, 7) is 0.367. The lowest BCUT2D eigenvalue weighted by molar-refractivity contribution is -0.115. The van der Waals surface area contributed by atoms with Crippen LogP contribution < -0.4 is 15.5 Å². The zero-order valence-corrected chi connectivity index (χ0v) is 11.6. The van der Waals surface area contributed by atoms with E-state index in [1.165, 1.54) is 25.7 Å².